The van der Waals surface area contributed by atoms with Gasteiger partial charge in [-0.3, -0.25) is 4.90 Å². The van der Waals surface area contributed by atoms with Crippen LogP contribution < -0.4 is 0 Å². The second kappa shape index (κ2) is 3.08. The van der Waals surface area contributed by atoms with Crippen LogP contribution in [0.4, 0.5) is 13.2 Å². The number of ether oxygens (including phenoxy) is 1. The van der Waals surface area contributed by atoms with Gasteiger partial charge in [0.2, 0.25) is 0 Å². The van der Waals surface area contributed by atoms with Crippen molar-refractivity contribution in [3.63, 3.8) is 0 Å². The summed E-state index contributed by atoms with van der Waals surface area (Å²) in [4.78, 5) is 1.60. The van der Waals surface area contributed by atoms with Crippen molar-refractivity contribution in [2.45, 2.75) is 24.3 Å². The SMILES string of the molecule is OC1(C(F)(F)F)CCN(CC2CO2)C1. The molecule has 0 saturated carbocycles. The first-order chi connectivity index (χ1) is 6.41. The molecular weight excluding hydrogens is 199 g/mol. The third kappa shape index (κ3) is 1.87. The van der Waals surface area contributed by atoms with E-state index in [0.717, 1.165) is 0 Å². The standard InChI is InChI=1S/C8H12F3NO2/c9-8(10,11)7(13)1-2-12(5-7)3-6-4-14-6/h6,13H,1-5H2. The number of likely N-dealkylation sites (tertiary alicyclic amines) is 1. The molecule has 2 rings (SSSR count). The van der Waals surface area contributed by atoms with Crippen molar-refractivity contribution < 1.29 is 23.0 Å². The van der Waals surface area contributed by atoms with E-state index in [0.29, 0.717) is 13.2 Å². The number of hydrogen-bond donors (Lipinski definition) is 1. The summed E-state index contributed by atoms with van der Waals surface area (Å²) in [5.41, 5.74) is -2.51. The Morgan fingerprint density at radius 1 is 1.50 bits per heavy atom. The first-order valence-corrected chi connectivity index (χ1v) is 4.54. The molecule has 14 heavy (non-hydrogen) atoms. The first-order valence-electron chi connectivity index (χ1n) is 4.54. The Balaban J connectivity index is 1.91. The maximum absolute atomic E-state index is 12.4. The van der Waals surface area contributed by atoms with Crippen LogP contribution in [0.2, 0.25) is 0 Å². The lowest BCUT2D eigenvalue weighted by Gasteiger charge is -2.25. The predicted molar refractivity (Wildman–Crippen MR) is 41.8 cm³/mol. The zero-order valence-corrected chi connectivity index (χ0v) is 7.55. The molecule has 0 bridgehead atoms. The van der Waals surface area contributed by atoms with Crippen molar-refractivity contribution in [1.29, 1.82) is 0 Å². The lowest BCUT2D eigenvalue weighted by atomic mass is 10.0. The van der Waals surface area contributed by atoms with Gasteiger partial charge in [-0.25, -0.2) is 0 Å². The zero-order chi connectivity index (χ0) is 10.4. The highest BCUT2D eigenvalue weighted by atomic mass is 19.4. The van der Waals surface area contributed by atoms with Gasteiger partial charge in [0.05, 0.1) is 12.7 Å². The molecule has 2 atom stereocenters. The van der Waals surface area contributed by atoms with E-state index in [9.17, 15) is 18.3 Å². The molecule has 6 heteroatoms. The highest BCUT2D eigenvalue weighted by Crippen LogP contribution is 2.37. The molecule has 1 N–H and O–H groups in total. The average molecular weight is 211 g/mol. The number of β-amino-alcohol motifs (C(OH)–C–C–N with tert-alkyl or cyclic N) is 1. The summed E-state index contributed by atoms with van der Waals surface area (Å²) < 4.78 is 42.0. The fourth-order valence-corrected chi connectivity index (χ4v) is 1.72. The topological polar surface area (TPSA) is 36.0 Å². The van der Waals surface area contributed by atoms with Crippen LogP contribution in [0.5, 0.6) is 0 Å². The number of hydrogen-bond acceptors (Lipinski definition) is 3. The summed E-state index contributed by atoms with van der Waals surface area (Å²) in [6.07, 6.45) is -4.68. The molecule has 0 aliphatic carbocycles. The Morgan fingerprint density at radius 2 is 2.14 bits per heavy atom. The molecule has 0 aromatic heterocycles. The van der Waals surface area contributed by atoms with Gasteiger partial charge in [0.15, 0.2) is 5.60 Å². The Kier molecular flexibility index (Phi) is 2.24. The Morgan fingerprint density at radius 3 is 2.57 bits per heavy atom. The van der Waals surface area contributed by atoms with Crippen molar-refractivity contribution >= 4 is 0 Å². The summed E-state index contributed by atoms with van der Waals surface area (Å²) in [6, 6.07) is 0. The molecule has 3 nitrogen and oxygen atoms in total. The summed E-state index contributed by atoms with van der Waals surface area (Å²) in [5.74, 6) is 0. The minimum Gasteiger partial charge on any atom is -0.379 e. The molecular formula is C8H12F3NO2. The van der Waals surface area contributed by atoms with Gasteiger partial charge in [-0.2, -0.15) is 13.2 Å². The summed E-state index contributed by atoms with van der Waals surface area (Å²) >= 11 is 0. The average Bonchev–Trinajstić information content (AvgIpc) is 2.74. The lowest BCUT2D eigenvalue weighted by molar-refractivity contribution is -0.253. The summed E-state index contributed by atoms with van der Waals surface area (Å²) in [5, 5.41) is 9.32. The molecule has 0 radical (unpaired) electrons. The van der Waals surface area contributed by atoms with E-state index >= 15 is 0 Å². The van der Waals surface area contributed by atoms with Gasteiger partial charge in [-0.05, 0) is 6.42 Å². The van der Waals surface area contributed by atoms with Crippen LogP contribution in [-0.2, 0) is 4.74 Å². The number of alkyl halides is 3. The van der Waals surface area contributed by atoms with Crippen molar-refractivity contribution in [3.8, 4) is 0 Å². The van der Waals surface area contributed by atoms with Crippen LogP contribution in [0, 0.1) is 0 Å². The van der Waals surface area contributed by atoms with Crippen LogP contribution in [-0.4, -0.2) is 54.1 Å². The molecule has 2 unspecified atom stereocenters. The summed E-state index contributed by atoms with van der Waals surface area (Å²) in [6.45, 7) is 1.09. The molecule has 2 aliphatic rings. The van der Waals surface area contributed by atoms with Gasteiger partial charge in [0.1, 0.15) is 0 Å². The molecule has 2 heterocycles. The molecule has 2 saturated heterocycles. The Labute approximate surface area is 79.4 Å². The highest BCUT2D eigenvalue weighted by Gasteiger charge is 2.57. The van der Waals surface area contributed by atoms with Crippen LogP contribution in [0.25, 0.3) is 0 Å². The second-order valence-electron chi connectivity index (χ2n) is 3.97. The van der Waals surface area contributed by atoms with Gasteiger partial charge in [-0.15, -0.1) is 0 Å². The van der Waals surface area contributed by atoms with Crippen molar-refractivity contribution in [2.75, 3.05) is 26.2 Å². The molecule has 2 aliphatic heterocycles. The Bertz CT molecular complexity index is 229. The van der Waals surface area contributed by atoms with E-state index in [-0.39, 0.29) is 25.6 Å². The van der Waals surface area contributed by atoms with Crippen LogP contribution in [0.3, 0.4) is 0 Å². The quantitative estimate of drug-likeness (QED) is 0.671. The number of epoxide rings is 1. The van der Waals surface area contributed by atoms with Crippen molar-refractivity contribution in [3.05, 3.63) is 0 Å². The number of nitrogens with zero attached hydrogens (tertiary/aromatic N) is 1. The third-order valence-electron chi connectivity index (χ3n) is 2.72. The largest absolute Gasteiger partial charge is 0.418 e. The molecule has 0 amide bonds. The molecule has 0 aromatic rings. The van der Waals surface area contributed by atoms with E-state index < -0.39 is 11.8 Å². The molecule has 2 fully saturated rings. The first kappa shape index (κ1) is 10.2. The number of rotatable bonds is 2. The van der Waals surface area contributed by atoms with Crippen molar-refractivity contribution in [1.82, 2.24) is 4.90 Å². The Hall–Kier alpha value is -0.330. The third-order valence-corrected chi connectivity index (χ3v) is 2.72. The monoisotopic (exact) mass is 211 g/mol. The van der Waals surface area contributed by atoms with Crippen LogP contribution in [0.1, 0.15) is 6.42 Å². The minimum atomic E-state index is -4.52. The minimum absolute atomic E-state index is 0.0746. The van der Waals surface area contributed by atoms with Gasteiger partial charge in [-0.1, -0.05) is 0 Å². The maximum atomic E-state index is 12.4. The number of aliphatic hydroxyl groups is 1. The normalized spacial score (nSPS) is 39.0. The van der Waals surface area contributed by atoms with Gasteiger partial charge < -0.3 is 9.84 Å². The van der Waals surface area contributed by atoms with E-state index in [1.54, 1.807) is 4.90 Å². The maximum Gasteiger partial charge on any atom is 0.418 e. The highest BCUT2D eigenvalue weighted by molar-refractivity contribution is 4.96. The fraction of sp³-hybridized carbons (Fsp3) is 1.00. The lowest BCUT2D eigenvalue weighted by Crippen LogP contribution is -2.47. The van der Waals surface area contributed by atoms with Crippen LogP contribution in [0.15, 0.2) is 0 Å². The van der Waals surface area contributed by atoms with Crippen molar-refractivity contribution in [2.24, 2.45) is 0 Å². The molecule has 0 spiro atoms. The van der Waals surface area contributed by atoms with E-state index in [1.165, 1.54) is 0 Å². The van der Waals surface area contributed by atoms with E-state index in [2.05, 4.69) is 0 Å². The second-order valence-corrected chi connectivity index (χ2v) is 3.97. The zero-order valence-electron chi connectivity index (χ0n) is 7.55. The van der Waals surface area contributed by atoms with Gasteiger partial charge >= 0.3 is 6.18 Å². The molecule has 82 valence electrons. The predicted octanol–water partition coefficient (Wildman–Crippen LogP) is 0.384. The van der Waals surface area contributed by atoms with Gasteiger partial charge in [0, 0.05) is 19.6 Å². The number of halogens is 3. The van der Waals surface area contributed by atoms with Gasteiger partial charge in [0.25, 0.3) is 0 Å². The van der Waals surface area contributed by atoms with E-state index in [4.69, 9.17) is 4.74 Å². The molecule has 0 aromatic carbocycles. The summed E-state index contributed by atoms with van der Waals surface area (Å²) in [7, 11) is 0. The van der Waals surface area contributed by atoms with E-state index in [1.807, 2.05) is 0 Å². The smallest absolute Gasteiger partial charge is 0.379 e. The fourth-order valence-electron chi connectivity index (χ4n) is 1.72. The van der Waals surface area contributed by atoms with Crippen LogP contribution >= 0.6 is 0 Å².